The SMILES string of the molecule is CC1CN(C)CCC1NC(=O)c1cccc([N+](=O)[O-])c1N. The van der Waals surface area contributed by atoms with E-state index >= 15 is 0 Å². The number of para-hydroxylation sites is 1. The molecule has 0 spiro atoms. The molecule has 1 aromatic carbocycles. The number of carbonyl (C=O) groups is 1. The number of rotatable bonds is 3. The molecule has 2 unspecified atom stereocenters. The molecule has 1 heterocycles. The Morgan fingerprint density at radius 2 is 2.24 bits per heavy atom. The van der Waals surface area contributed by atoms with E-state index in [2.05, 4.69) is 17.1 Å². The van der Waals surface area contributed by atoms with Crippen LogP contribution in [0.3, 0.4) is 0 Å². The summed E-state index contributed by atoms with van der Waals surface area (Å²) in [5, 5.41) is 13.8. The molecular weight excluding hydrogens is 272 g/mol. The predicted octanol–water partition coefficient (Wildman–Crippen LogP) is 1.25. The highest BCUT2D eigenvalue weighted by Gasteiger charge is 2.27. The first-order valence-corrected chi connectivity index (χ1v) is 6.92. The number of anilines is 1. The second-order valence-electron chi connectivity index (χ2n) is 5.60. The van der Waals surface area contributed by atoms with Crippen LogP contribution < -0.4 is 11.1 Å². The second kappa shape index (κ2) is 6.09. The summed E-state index contributed by atoms with van der Waals surface area (Å²) in [7, 11) is 2.05. The van der Waals surface area contributed by atoms with E-state index in [9.17, 15) is 14.9 Å². The molecule has 0 radical (unpaired) electrons. The van der Waals surface area contributed by atoms with Gasteiger partial charge >= 0.3 is 0 Å². The Labute approximate surface area is 123 Å². The second-order valence-corrected chi connectivity index (χ2v) is 5.60. The van der Waals surface area contributed by atoms with Gasteiger partial charge in [0.25, 0.3) is 11.6 Å². The molecule has 2 atom stereocenters. The van der Waals surface area contributed by atoms with Crippen LogP contribution in [0.15, 0.2) is 18.2 Å². The maximum atomic E-state index is 12.3. The van der Waals surface area contributed by atoms with Crippen LogP contribution in [-0.4, -0.2) is 41.9 Å². The van der Waals surface area contributed by atoms with E-state index in [4.69, 9.17) is 5.73 Å². The smallest absolute Gasteiger partial charge is 0.292 e. The van der Waals surface area contributed by atoms with Gasteiger partial charge in [-0.1, -0.05) is 13.0 Å². The molecule has 2 rings (SSSR count). The summed E-state index contributed by atoms with van der Waals surface area (Å²) in [6, 6.07) is 4.34. The average Bonchev–Trinajstić information content (AvgIpc) is 2.41. The van der Waals surface area contributed by atoms with Crippen LogP contribution in [-0.2, 0) is 0 Å². The van der Waals surface area contributed by atoms with Gasteiger partial charge in [0.2, 0.25) is 0 Å². The lowest BCUT2D eigenvalue weighted by Gasteiger charge is -2.35. The molecule has 0 aromatic heterocycles. The van der Waals surface area contributed by atoms with Crippen LogP contribution in [0.4, 0.5) is 11.4 Å². The minimum Gasteiger partial charge on any atom is -0.393 e. The molecule has 1 fully saturated rings. The first-order chi connectivity index (χ1) is 9.90. The van der Waals surface area contributed by atoms with Crippen molar-refractivity contribution in [1.82, 2.24) is 10.2 Å². The molecule has 21 heavy (non-hydrogen) atoms. The first-order valence-electron chi connectivity index (χ1n) is 6.92. The van der Waals surface area contributed by atoms with Gasteiger partial charge in [-0.05, 0) is 32.0 Å². The van der Waals surface area contributed by atoms with Crippen LogP contribution in [0.25, 0.3) is 0 Å². The third kappa shape index (κ3) is 3.30. The largest absolute Gasteiger partial charge is 0.393 e. The maximum absolute atomic E-state index is 12.3. The number of nitro groups is 1. The zero-order chi connectivity index (χ0) is 15.6. The third-order valence-corrected chi connectivity index (χ3v) is 3.95. The Morgan fingerprint density at radius 1 is 1.52 bits per heavy atom. The Morgan fingerprint density at radius 3 is 2.86 bits per heavy atom. The molecule has 0 aliphatic carbocycles. The van der Waals surface area contributed by atoms with Crippen molar-refractivity contribution >= 4 is 17.3 Å². The number of amides is 1. The summed E-state index contributed by atoms with van der Waals surface area (Å²) in [5.74, 6) is -0.0229. The summed E-state index contributed by atoms with van der Waals surface area (Å²) in [4.78, 5) is 24.8. The van der Waals surface area contributed by atoms with Gasteiger partial charge in [-0.3, -0.25) is 14.9 Å². The summed E-state index contributed by atoms with van der Waals surface area (Å²) >= 11 is 0. The van der Waals surface area contributed by atoms with Gasteiger partial charge in [0, 0.05) is 18.7 Å². The molecule has 0 bridgehead atoms. The fourth-order valence-corrected chi connectivity index (χ4v) is 2.72. The zero-order valence-corrected chi connectivity index (χ0v) is 12.2. The van der Waals surface area contributed by atoms with Crippen LogP contribution in [0, 0.1) is 16.0 Å². The zero-order valence-electron chi connectivity index (χ0n) is 12.2. The standard InChI is InChI=1S/C14H20N4O3/c1-9-8-17(2)7-6-11(9)16-14(19)10-4-3-5-12(13(10)15)18(20)21/h3-5,9,11H,6-8,15H2,1-2H3,(H,16,19). The van der Waals surface area contributed by atoms with E-state index in [-0.39, 0.29) is 28.9 Å². The highest BCUT2D eigenvalue weighted by Crippen LogP contribution is 2.25. The summed E-state index contributed by atoms with van der Waals surface area (Å²) < 4.78 is 0. The minimum atomic E-state index is -0.579. The van der Waals surface area contributed by atoms with Crippen LogP contribution in [0.2, 0.25) is 0 Å². The van der Waals surface area contributed by atoms with Crippen molar-refractivity contribution in [1.29, 1.82) is 0 Å². The molecule has 3 N–H and O–H groups in total. The number of nitrogens with zero attached hydrogens (tertiary/aromatic N) is 2. The fraction of sp³-hybridized carbons (Fsp3) is 0.500. The number of hydrogen-bond donors (Lipinski definition) is 2. The van der Waals surface area contributed by atoms with Gasteiger partial charge in [0.05, 0.1) is 10.5 Å². The molecule has 1 aliphatic rings. The van der Waals surface area contributed by atoms with E-state index in [0.717, 1.165) is 19.5 Å². The predicted molar refractivity (Wildman–Crippen MR) is 80.0 cm³/mol. The van der Waals surface area contributed by atoms with E-state index < -0.39 is 4.92 Å². The lowest BCUT2D eigenvalue weighted by molar-refractivity contribution is -0.383. The highest BCUT2D eigenvalue weighted by molar-refractivity contribution is 6.01. The van der Waals surface area contributed by atoms with Crippen molar-refractivity contribution in [2.24, 2.45) is 5.92 Å². The minimum absolute atomic E-state index is 0.0624. The molecule has 0 saturated carbocycles. The maximum Gasteiger partial charge on any atom is 0.292 e. The molecule has 7 heteroatoms. The monoisotopic (exact) mass is 292 g/mol. The van der Waals surface area contributed by atoms with Crippen LogP contribution >= 0.6 is 0 Å². The molecule has 1 aliphatic heterocycles. The number of hydrogen-bond acceptors (Lipinski definition) is 5. The first kappa shape index (κ1) is 15.2. The van der Waals surface area contributed by atoms with Gasteiger partial charge in [0.1, 0.15) is 5.69 Å². The number of nitrogens with one attached hydrogen (secondary N) is 1. The fourth-order valence-electron chi connectivity index (χ4n) is 2.72. The lowest BCUT2D eigenvalue weighted by Crippen LogP contribution is -2.48. The quantitative estimate of drug-likeness (QED) is 0.496. The van der Waals surface area contributed by atoms with Gasteiger partial charge in [-0.15, -0.1) is 0 Å². The number of likely N-dealkylation sites (tertiary alicyclic amines) is 1. The Kier molecular flexibility index (Phi) is 4.42. The van der Waals surface area contributed by atoms with E-state index in [1.54, 1.807) is 0 Å². The van der Waals surface area contributed by atoms with Crippen molar-refractivity contribution < 1.29 is 9.72 Å². The van der Waals surface area contributed by atoms with Crippen molar-refractivity contribution in [3.8, 4) is 0 Å². The van der Waals surface area contributed by atoms with Crippen molar-refractivity contribution in [3.63, 3.8) is 0 Å². The number of nitro benzene ring substituents is 1. The Bertz CT molecular complexity index is 561. The van der Waals surface area contributed by atoms with E-state index in [0.29, 0.717) is 5.92 Å². The summed E-state index contributed by atoms with van der Waals surface area (Å²) in [6.45, 7) is 3.91. The highest BCUT2D eigenvalue weighted by atomic mass is 16.6. The Balaban J connectivity index is 2.14. The molecular formula is C14H20N4O3. The third-order valence-electron chi connectivity index (χ3n) is 3.95. The van der Waals surface area contributed by atoms with Gasteiger partial charge < -0.3 is 16.0 Å². The number of nitrogen functional groups attached to an aromatic ring is 1. The lowest BCUT2D eigenvalue weighted by atomic mass is 9.94. The van der Waals surface area contributed by atoms with Crippen LogP contribution in [0.1, 0.15) is 23.7 Å². The van der Waals surface area contributed by atoms with Crippen molar-refractivity contribution in [3.05, 3.63) is 33.9 Å². The van der Waals surface area contributed by atoms with Crippen LogP contribution in [0.5, 0.6) is 0 Å². The molecule has 7 nitrogen and oxygen atoms in total. The normalized spacial score (nSPS) is 22.8. The van der Waals surface area contributed by atoms with E-state index in [1.807, 2.05) is 7.05 Å². The Hall–Kier alpha value is -2.15. The summed E-state index contributed by atoms with van der Waals surface area (Å²) in [5.41, 5.74) is 5.58. The molecule has 1 saturated heterocycles. The van der Waals surface area contributed by atoms with Crippen molar-refractivity contribution in [2.75, 3.05) is 25.9 Å². The number of piperidine rings is 1. The molecule has 114 valence electrons. The van der Waals surface area contributed by atoms with Gasteiger partial charge in [-0.25, -0.2) is 0 Å². The number of carbonyl (C=O) groups excluding carboxylic acids is 1. The number of nitrogens with two attached hydrogens (primary N) is 1. The molecule has 1 aromatic rings. The van der Waals surface area contributed by atoms with Gasteiger partial charge in [-0.2, -0.15) is 0 Å². The molecule has 1 amide bonds. The average molecular weight is 292 g/mol. The van der Waals surface area contributed by atoms with Crippen molar-refractivity contribution in [2.45, 2.75) is 19.4 Å². The topological polar surface area (TPSA) is 102 Å². The van der Waals surface area contributed by atoms with E-state index in [1.165, 1.54) is 18.2 Å². The van der Waals surface area contributed by atoms with Gasteiger partial charge in [0.15, 0.2) is 0 Å². The summed E-state index contributed by atoms with van der Waals surface area (Å²) in [6.07, 6.45) is 0.859. The number of benzene rings is 1.